The molecule has 1 aromatic rings. The Morgan fingerprint density at radius 2 is 1.84 bits per heavy atom. The number of nitrogens with two attached hydrogens (primary N) is 1. The summed E-state index contributed by atoms with van der Waals surface area (Å²) in [5.74, 6) is 0.879. The van der Waals surface area contributed by atoms with Crippen molar-refractivity contribution in [2.45, 2.75) is 32.1 Å². The van der Waals surface area contributed by atoms with Gasteiger partial charge in [0, 0.05) is 0 Å². The van der Waals surface area contributed by atoms with Crippen molar-refractivity contribution in [1.29, 1.82) is 0 Å². The smallest absolute Gasteiger partial charge is 0.147 e. The van der Waals surface area contributed by atoms with Crippen LogP contribution in [0.1, 0.15) is 31.2 Å². The largest absolute Gasteiger partial charge is 0.491 e. The minimum Gasteiger partial charge on any atom is -0.491 e. The van der Waals surface area contributed by atoms with Crippen LogP contribution in [0.5, 0.6) is 5.75 Å². The first-order chi connectivity index (χ1) is 9.19. The predicted octanol–water partition coefficient (Wildman–Crippen LogP) is 4.84. The van der Waals surface area contributed by atoms with E-state index in [1.165, 1.54) is 18.4 Å². The Hall–Kier alpha value is -0.320. The maximum Gasteiger partial charge on any atom is 0.147 e. The molecule has 0 amide bonds. The van der Waals surface area contributed by atoms with Crippen LogP contribution in [0.15, 0.2) is 33.7 Å². The molecule has 1 rings (SSSR count). The molecule has 2 nitrogen and oxygen atoms in total. The fourth-order valence-corrected chi connectivity index (χ4v) is 3.31. The second-order valence-corrected chi connectivity index (χ2v) is 6.12. The lowest BCUT2D eigenvalue weighted by molar-refractivity contribution is 0.302. The van der Waals surface area contributed by atoms with Gasteiger partial charge in [-0.25, -0.2) is 0 Å². The molecule has 0 aliphatic heterocycles. The Kier molecular flexibility index (Phi) is 8.42. The summed E-state index contributed by atoms with van der Waals surface area (Å²) in [5, 5.41) is 0. The maximum absolute atomic E-state index is 5.83. The molecule has 0 aromatic heterocycles. The summed E-state index contributed by atoms with van der Waals surface area (Å²) in [6.45, 7) is 5.12. The van der Waals surface area contributed by atoms with E-state index < -0.39 is 0 Å². The molecule has 0 saturated carbocycles. The van der Waals surface area contributed by atoms with E-state index in [1.807, 2.05) is 6.08 Å². The second-order valence-electron chi connectivity index (χ2n) is 4.41. The molecule has 0 aliphatic carbocycles. The van der Waals surface area contributed by atoms with Gasteiger partial charge in [0.05, 0.1) is 15.6 Å². The molecule has 106 valence electrons. The first-order valence-electron chi connectivity index (χ1n) is 6.60. The van der Waals surface area contributed by atoms with Gasteiger partial charge < -0.3 is 10.5 Å². The summed E-state index contributed by atoms with van der Waals surface area (Å²) in [6.07, 6.45) is 7.35. The zero-order chi connectivity index (χ0) is 14.1. The summed E-state index contributed by atoms with van der Waals surface area (Å²) < 4.78 is 7.80. The SMILES string of the molecule is C=CCCCCCOc1c(Br)cc(CCN)cc1Br. The summed E-state index contributed by atoms with van der Waals surface area (Å²) >= 11 is 7.11. The van der Waals surface area contributed by atoms with Gasteiger partial charge in [-0.3, -0.25) is 0 Å². The average molecular weight is 391 g/mol. The highest BCUT2D eigenvalue weighted by molar-refractivity contribution is 9.11. The van der Waals surface area contributed by atoms with Crippen molar-refractivity contribution in [3.8, 4) is 5.75 Å². The molecule has 0 radical (unpaired) electrons. The zero-order valence-electron chi connectivity index (χ0n) is 11.1. The van der Waals surface area contributed by atoms with Gasteiger partial charge in [-0.1, -0.05) is 6.08 Å². The van der Waals surface area contributed by atoms with Crippen LogP contribution in [0.2, 0.25) is 0 Å². The van der Waals surface area contributed by atoms with E-state index in [2.05, 4.69) is 50.6 Å². The third kappa shape index (κ3) is 6.11. The minimum absolute atomic E-state index is 0.655. The molecular formula is C15H21Br2NO. The van der Waals surface area contributed by atoms with Crippen LogP contribution >= 0.6 is 31.9 Å². The Balaban J connectivity index is 2.47. The molecule has 1 aromatic carbocycles. The van der Waals surface area contributed by atoms with Crippen LogP contribution in [0.4, 0.5) is 0 Å². The number of rotatable bonds is 9. The number of unbranched alkanes of at least 4 members (excludes halogenated alkanes) is 3. The highest BCUT2D eigenvalue weighted by atomic mass is 79.9. The summed E-state index contributed by atoms with van der Waals surface area (Å²) in [4.78, 5) is 0. The lowest BCUT2D eigenvalue weighted by Gasteiger charge is -2.12. The van der Waals surface area contributed by atoms with E-state index in [0.29, 0.717) is 6.54 Å². The van der Waals surface area contributed by atoms with Crippen LogP contribution < -0.4 is 10.5 Å². The number of benzene rings is 1. The molecule has 19 heavy (non-hydrogen) atoms. The molecule has 2 N–H and O–H groups in total. The Bertz CT molecular complexity index is 384. The fraction of sp³-hybridized carbons (Fsp3) is 0.467. The zero-order valence-corrected chi connectivity index (χ0v) is 14.3. The number of allylic oxidation sites excluding steroid dienone is 1. The topological polar surface area (TPSA) is 35.2 Å². The van der Waals surface area contributed by atoms with Gasteiger partial charge in [-0.15, -0.1) is 6.58 Å². The Morgan fingerprint density at radius 3 is 2.42 bits per heavy atom. The van der Waals surface area contributed by atoms with E-state index >= 15 is 0 Å². The predicted molar refractivity (Wildman–Crippen MR) is 88.8 cm³/mol. The highest BCUT2D eigenvalue weighted by Crippen LogP contribution is 2.35. The molecular weight excluding hydrogens is 370 g/mol. The first kappa shape index (κ1) is 16.7. The van der Waals surface area contributed by atoms with Crippen LogP contribution in [-0.2, 0) is 6.42 Å². The van der Waals surface area contributed by atoms with Crippen molar-refractivity contribution in [1.82, 2.24) is 0 Å². The van der Waals surface area contributed by atoms with E-state index in [-0.39, 0.29) is 0 Å². The van der Waals surface area contributed by atoms with Gasteiger partial charge in [0.1, 0.15) is 5.75 Å². The summed E-state index contributed by atoms with van der Waals surface area (Å²) in [6, 6.07) is 4.15. The van der Waals surface area contributed by atoms with Crippen LogP contribution in [0, 0.1) is 0 Å². The van der Waals surface area contributed by atoms with Crippen molar-refractivity contribution in [2.75, 3.05) is 13.2 Å². The van der Waals surface area contributed by atoms with Gasteiger partial charge in [0.2, 0.25) is 0 Å². The Labute approximate surface area is 132 Å². The van der Waals surface area contributed by atoms with E-state index in [9.17, 15) is 0 Å². The number of hydrogen-bond acceptors (Lipinski definition) is 2. The van der Waals surface area contributed by atoms with E-state index in [1.54, 1.807) is 0 Å². The van der Waals surface area contributed by atoms with Gasteiger partial charge in [0.15, 0.2) is 0 Å². The average Bonchev–Trinajstić information content (AvgIpc) is 2.36. The number of ether oxygens (including phenoxy) is 1. The van der Waals surface area contributed by atoms with Crippen molar-refractivity contribution in [3.63, 3.8) is 0 Å². The highest BCUT2D eigenvalue weighted by Gasteiger charge is 2.08. The van der Waals surface area contributed by atoms with Gasteiger partial charge in [-0.05, 0) is 88.2 Å². The molecule has 0 spiro atoms. The normalized spacial score (nSPS) is 10.5. The third-order valence-corrected chi connectivity index (χ3v) is 3.97. The fourth-order valence-electron chi connectivity index (χ4n) is 1.80. The molecule has 0 unspecified atom stereocenters. The third-order valence-electron chi connectivity index (χ3n) is 2.79. The lowest BCUT2D eigenvalue weighted by Crippen LogP contribution is -2.04. The second kappa shape index (κ2) is 9.56. The molecule has 4 heteroatoms. The molecule has 0 aliphatic rings. The van der Waals surface area contributed by atoms with Crippen molar-refractivity contribution >= 4 is 31.9 Å². The first-order valence-corrected chi connectivity index (χ1v) is 8.19. The lowest BCUT2D eigenvalue weighted by atomic mass is 10.1. The molecule has 0 bridgehead atoms. The van der Waals surface area contributed by atoms with Crippen LogP contribution in [0.3, 0.4) is 0 Å². The van der Waals surface area contributed by atoms with Crippen LogP contribution in [-0.4, -0.2) is 13.2 Å². The number of halogens is 2. The van der Waals surface area contributed by atoms with Gasteiger partial charge in [0.25, 0.3) is 0 Å². The summed E-state index contributed by atoms with van der Waals surface area (Å²) in [5.41, 5.74) is 6.78. The number of hydrogen-bond donors (Lipinski definition) is 1. The monoisotopic (exact) mass is 389 g/mol. The minimum atomic E-state index is 0.655. The maximum atomic E-state index is 5.83. The molecule has 0 saturated heterocycles. The molecule has 0 fully saturated rings. The van der Waals surface area contributed by atoms with Crippen molar-refractivity contribution < 1.29 is 4.74 Å². The molecule has 0 atom stereocenters. The Morgan fingerprint density at radius 1 is 1.16 bits per heavy atom. The van der Waals surface area contributed by atoms with Crippen molar-refractivity contribution in [3.05, 3.63) is 39.3 Å². The van der Waals surface area contributed by atoms with Crippen molar-refractivity contribution in [2.24, 2.45) is 5.73 Å². The standard InChI is InChI=1S/C15H21Br2NO/c1-2-3-4-5-6-9-19-15-13(16)10-12(7-8-18)11-14(15)17/h2,10-11H,1,3-9,18H2. The van der Waals surface area contributed by atoms with Crippen LogP contribution in [0.25, 0.3) is 0 Å². The summed E-state index contributed by atoms with van der Waals surface area (Å²) in [7, 11) is 0. The quantitative estimate of drug-likeness (QED) is 0.483. The van der Waals surface area contributed by atoms with E-state index in [4.69, 9.17) is 10.5 Å². The van der Waals surface area contributed by atoms with Gasteiger partial charge in [-0.2, -0.15) is 0 Å². The van der Waals surface area contributed by atoms with E-state index in [0.717, 1.165) is 40.6 Å². The molecule has 0 heterocycles. The van der Waals surface area contributed by atoms with Gasteiger partial charge >= 0.3 is 0 Å².